The number of para-hydroxylation sites is 1. The Balaban J connectivity index is 1.66. The van der Waals surface area contributed by atoms with Gasteiger partial charge in [-0.2, -0.15) is 0 Å². The molecule has 0 spiro atoms. The van der Waals surface area contributed by atoms with Crippen LogP contribution in [-0.4, -0.2) is 22.0 Å². The number of hydrogen-bond donors (Lipinski definition) is 0. The summed E-state index contributed by atoms with van der Waals surface area (Å²) in [6.07, 6.45) is 3.39. The van der Waals surface area contributed by atoms with E-state index in [1.54, 1.807) is 12.3 Å². The maximum atomic E-state index is 5.96. The van der Waals surface area contributed by atoms with Crippen LogP contribution in [-0.2, 0) is 0 Å². The number of rotatable bonds is 5. The Morgan fingerprint density at radius 1 is 0.964 bits per heavy atom. The highest BCUT2D eigenvalue weighted by Gasteiger charge is 2.12. The van der Waals surface area contributed by atoms with E-state index in [0.29, 0.717) is 5.75 Å². The van der Waals surface area contributed by atoms with E-state index in [1.165, 1.54) is 0 Å². The Hall–Kier alpha value is -3.73. The van der Waals surface area contributed by atoms with E-state index in [2.05, 4.69) is 21.5 Å². The zero-order valence-electron chi connectivity index (χ0n) is 15.8. The highest BCUT2D eigenvalue weighted by atomic mass is 16.5. The zero-order chi connectivity index (χ0) is 19.5. The summed E-state index contributed by atoms with van der Waals surface area (Å²) in [5.41, 5.74) is 2.71. The van der Waals surface area contributed by atoms with Gasteiger partial charge in [-0.25, -0.2) is 9.97 Å². The number of aryl methyl sites for hydroxylation is 1. The number of benzene rings is 2. The summed E-state index contributed by atoms with van der Waals surface area (Å²) in [6.45, 7) is 5.62. The van der Waals surface area contributed by atoms with Crippen LogP contribution in [0.4, 0.5) is 11.5 Å². The molecule has 0 saturated carbocycles. The molecule has 0 amide bonds. The van der Waals surface area contributed by atoms with Crippen molar-refractivity contribution in [3.63, 3.8) is 0 Å². The topological polar surface area (TPSA) is 51.1 Å². The predicted molar refractivity (Wildman–Crippen MR) is 113 cm³/mol. The summed E-state index contributed by atoms with van der Waals surface area (Å²) < 4.78 is 5.96. The number of hydrogen-bond acceptors (Lipinski definition) is 5. The van der Waals surface area contributed by atoms with Crippen molar-refractivity contribution in [3.05, 3.63) is 85.0 Å². The summed E-state index contributed by atoms with van der Waals surface area (Å²) in [6, 6.07) is 19.7. The Morgan fingerprint density at radius 3 is 2.61 bits per heavy atom. The van der Waals surface area contributed by atoms with E-state index in [4.69, 9.17) is 4.74 Å². The fourth-order valence-electron chi connectivity index (χ4n) is 3.02. The molecule has 2 aromatic heterocycles. The summed E-state index contributed by atoms with van der Waals surface area (Å²) in [4.78, 5) is 15.5. The minimum absolute atomic E-state index is 0.675. The van der Waals surface area contributed by atoms with E-state index >= 15 is 0 Å². The molecule has 0 radical (unpaired) electrons. The minimum Gasteiger partial charge on any atom is -0.456 e. The molecule has 2 aromatic carbocycles. The summed E-state index contributed by atoms with van der Waals surface area (Å²) >= 11 is 0. The van der Waals surface area contributed by atoms with Crippen molar-refractivity contribution >= 4 is 28.5 Å². The van der Waals surface area contributed by atoms with E-state index < -0.39 is 0 Å². The third kappa shape index (κ3) is 3.55. The minimum atomic E-state index is 0.675. The number of nitrogens with zero attached hydrogens (tertiary/aromatic N) is 4. The smallest absolute Gasteiger partial charge is 0.145 e. The Kier molecular flexibility index (Phi) is 4.72. The van der Waals surface area contributed by atoms with E-state index in [-0.39, 0.29) is 0 Å². The first-order valence-electron chi connectivity index (χ1n) is 8.97. The van der Waals surface area contributed by atoms with Gasteiger partial charge in [0.15, 0.2) is 0 Å². The van der Waals surface area contributed by atoms with Crippen molar-refractivity contribution in [1.29, 1.82) is 0 Å². The molecule has 4 aromatic rings. The largest absolute Gasteiger partial charge is 0.456 e. The average Bonchev–Trinajstić information content (AvgIpc) is 2.73. The van der Waals surface area contributed by atoms with Crippen molar-refractivity contribution in [1.82, 2.24) is 15.0 Å². The molecule has 138 valence electrons. The molecule has 4 rings (SSSR count). The van der Waals surface area contributed by atoms with Crippen LogP contribution in [0.3, 0.4) is 0 Å². The summed E-state index contributed by atoms with van der Waals surface area (Å²) in [5, 5.41) is 1.01. The molecule has 0 aliphatic rings. The van der Waals surface area contributed by atoms with Gasteiger partial charge >= 0.3 is 0 Å². The van der Waals surface area contributed by atoms with Crippen LogP contribution >= 0.6 is 0 Å². The number of anilines is 2. The molecular weight excluding hydrogens is 348 g/mol. The van der Waals surface area contributed by atoms with Crippen LogP contribution in [0, 0.1) is 6.92 Å². The average molecular weight is 368 g/mol. The van der Waals surface area contributed by atoms with Gasteiger partial charge in [-0.15, -0.1) is 0 Å². The molecule has 28 heavy (non-hydrogen) atoms. The van der Waals surface area contributed by atoms with Crippen molar-refractivity contribution in [3.8, 4) is 11.5 Å². The second-order valence-electron chi connectivity index (χ2n) is 6.39. The lowest BCUT2D eigenvalue weighted by Crippen LogP contribution is -2.13. The van der Waals surface area contributed by atoms with Gasteiger partial charge in [0.1, 0.15) is 23.1 Å². The summed E-state index contributed by atoms with van der Waals surface area (Å²) in [5.74, 6) is 3.00. The van der Waals surface area contributed by atoms with Gasteiger partial charge in [0.05, 0.1) is 17.4 Å². The van der Waals surface area contributed by atoms with Crippen LogP contribution in [0.15, 0.2) is 73.4 Å². The predicted octanol–water partition coefficient (Wildman–Crippen LogP) is 5.54. The standard InChI is InChI=1S/C23H20N4O/c1-4-17-12-13-20(15-24-17)28-19-9-7-8-18(14-19)27(3)23-21-10-5-6-11-22(21)25-16(2)26-23/h4-15H,1H2,2-3H3. The second kappa shape index (κ2) is 7.48. The number of ether oxygens (including phenoxy) is 1. The van der Waals surface area contributed by atoms with E-state index in [9.17, 15) is 0 Å². The van der Waals surface area contributed by atoms with Gasteiger partial charge in [-0.05, 0) is 49.4 Å². The van der Waals surface area contributed by atoms with Gasteiger partial charge in [0, 0.05) is 24.2 Å². The van der Waals surface area contributed by atoms with E-state index in [0.717, 1.165) is 39.7 Å². The van der Waals surface area contributed by atoms with Gasteiger partial charge in [0.25, 0.3) is 0 Å². The monoisotopic (exact) mass is 368 g/mol. The van der Waals surface area contributed by atoms with Gasteiger partial charge < -0.3 is 9.64 Å². The first-order valence-corrected chi connectivity index (χ1v) is 8.97. The lowest BCUT2D eigenvalue weighted by atomic mass is 10.2. The molecule has 2 heterocycles. The Bertz CT molecular complexity index is 1140. The maximum Gasteiger partial charge on any atom is 0.145 e. The summed E-state index contributed by atoms with van der Waals surface area (Å²) in [7, 11) is 1.99. The van der Waals surface area contributed by atoms with Crippen LogP contribution in [0.2, 0.25) is 0 Å². The molecule has 0 unspecified atom stereocenters. The zero-order valence-corrected chi connectivity index (χ0v) is 15.8. The third-order valence-corrected chi connectivity index (χ3v) is 4.42. The molecular formula is C23H20N4O. The third-order valence-electron chi connectivity index (χ3n) is 4.42. The molecule has 0 N–H and O–H groups in total. The van der Waals surface area contributed by atoms with Gasteiger partial charge in [0.2, 0.25) is 0 Å². The van der Waals surface area contributed by atoms with Crippen LogP contribution in [0.5, 0.6) is 11.5 Å². The molecule has 0 bridgehead atoms. The fourth-order valence-corrected chi connectivity index (χ4v) is 3.02. The highest BCUT2D eigenvalue weighted by Crippen LogP contribution is 2.31. The van der Waals surface area contributed by atoms with Crippen molar-refractivity contribution in [2.75, 3.05) is 11.9 Å². The van der Waals surface area contributed by atoms with Crippen molar-refractivity contribution in [2.24, 2.45) is 0 Å². The molecule has 0 saturated heterocycles. The first kappa shape index (κ1) is 17.7. The SMILES string of the molecule is C=Cc1ccc(Oc2cccc(N(C)c3nc(C)nc4ccccc34)c2)cn1. The van der Waals surface area contributed by atoms with Gasteiger partial charge in [-0.1, -0.05) is 24.8 Å². The molecule has 0 atom stereocenters. The van der Waals surface area contributed by atoms with Gasteiger partial charge in [-0.3, -0.25) is 4.98 Å². The Morgan fingerprint density at radius 2 is 1.82 bits per heavy atom. The van der Waals surface area contributed by atoms with E-state index in [1.807, 2.05) is 79.5 Å². The Labute approximate surface area is 164 Å². The lowest BCUT2D eigenvalue weighted by Gasteiger charge is -2.21. The number of pyridine rings is 1. The molecule has 0 aliphatic carbocycles. The highest BCUT2D eigenvalue weighted by molar-refractivity contribution is 5.91. The maximum absolute atomic E-state index is 5.96. The van der Waals surface area contributed by atoms with Crippen LogP contribution in [0.25, 0.3) is 17.0 Å². The second-order valence-corrected chi connectivity index (χ2v) is 6.39. The molecule has 0 aliphatic heterocycles. The lowest BCUT2D eigenvalue weighted by molar-refractivity contribution is 0.480. The number of fused-ring (bicyclic) bond motifs is 1. The van der Waals surface area contributed by atoms with Crippen LogP contribution < -0.4 is 9.64 Å². The molecule has 5 nitrogen and oxygen atoms in total. The van der Waals surface area contributed by atoms with Crippen LogP contribution in [0.1, 0.15) is 11.5 Å². The first-order chi connectivity index (χ1) is 13.6. The fraction of sp³-hybridized carbons (Fsp3) is 0.0870. The van der Waals surface area contributed by atoms with Crippen molar-refractivity contribution in [2.45, 2.75) is 6.92 Å². The number of aromatic nitrogens is 3. The quantitative estimate of drug-likeness (QED) is 0.463. The molecule has 0 fully saturated rings. The normalized spacial score (nSPS) is 10.6. The molecule has 5 heteroatoms. The van der Waals surface area contributed by atoms with Crippen molar-refractivity contribution < 1.29 is 4.74 Å².